The van der Waals surface area contributed by atoms with Crippen LogP contribution in [0.1, 0.15) is 25.0 Å². The first kappa shape index (κ1) is 16.0. The van der Waals surface area contributed by atoms with E-state index in [1.807, 2.05) is 0 Å². The van der Waals surface area contributed by atoms with Crippen LogP contribution in [-0.4, -0.2) is 42.6 Å². The molecule has 6 heteroatoms. The average molecular weight is 279 g/mol. The molecule has 1 atom stereocenters. The fourth-order valence-electron chi connectivity index (χ4n) is 1.56. The molecule has 1 aromatic rings. The number of benzene rings is 1. The van der Waals surface area contributed by atoms with Crippen LogP contribution in [0.2, 0.25) is 0 Å². The highest BCUT2D eigenvalue weighted by Crippen LogP contribution is 2.16. The molecule has 110 valence electrons. The summed E-state index contributed by atoms with van der Waals surface area (Å²) in [7, 11) is 3.34. The number of carbonyl (C=O) groups excluding carboxylic acids is 2. The molecule has 0 aromatic heterocycles. The molecule has 1 unspecified atom stereocenters. The summed E-state index contributed by atoms with van der Waals surface area (Å²) in [6.45, 7) is 1.94. The summed E-state index contributed by atoms with van der Waals surface area (Å²) >= 11 is 0. The summed E-state index contributed by atoms with van der Waals surface area (Å²) in [5.74, 6) is -0.0404. The second-order valence-electron chi connectivity index (χ2n) is 4.72. The largest absolute Gasteiger partial charge is 0.389 e. The standard InChI is InChI=1S/C14H21N3O3/c1-10(18)11-5-4-6-12(9-11)16-14(20)15-8-7-13(19)17(2)3/h4-6,9-10,18H,7-8H2,1-3H3,(H2,15,16,20). The molecule has 3 N–H and O–H groups in total. The van der Waals surface area contributed by atoms with Crippen molar-refractivity contribution in [3.8, 4) is 0 Å². The van der Waals surface area contributed by atoms with Gasteiger partial charge in [-0.1, -0.05) is 12.1 Å². The summed E-state index contributed by atoms with van der Waals surface area (Å²) in [6, 6.07) is 6.60. The second kappa shape index (κ2) is 7.49. The highest BCUT2D eigenvalue weighted by Gasteiger charge is 2.07. The smallest absolute Gasteiger partial charge is 0.319 e. The number of anilines is 1. The Hall–Kier alpha value is -2.08. The van der Waals surface area contributed by atoms with Gasteiger partial charge in [0, 0.05) is 32.7 Å². The van der Waals surface area contributed by atoms with Crippen molar-refractivity contribution in [3.63, 3.8) is 0 Å². The minimum atomic E-state index is -0.586. The molecule has 1 rings (SSSR count). The van der Waals surface area contributed by atoms with Crippen LogP contribution < -0.4 is 10.6 Å². The quantitative estimate of drug-likeness (QED) is 0.760. The van der Waals surface area contributed by atoms with E-state index >= 15 is 0 Å². The molecule has 0 fully saturated rings. The Morgan fingerprint density at radius 3 is 2.65 bits per heavy atom. The van der Waals surface area contributed by atoms with E-state index in [0.29, 0.717) is 5.69 Å². The predicted octanol–water partition coefficient (Wildman–Crippen LogP) is 1.34. The lowest BCUT2D eigenvalue weighted by molar-refractivity contribution is -0.128. The minimum absolute atomic E-state index is 0.0404. The van der Waals surface area contributed by atoms with Crippen LogP contribution in [0.15, 0.2) is 24.3 Å². The van der Waals surface area contributed by atoms with E-state index in [4.69, 9.17) is 0 Å². The Labute approximate surface area is 118 Å². The molecule has 20 heavy (non-hydrogen) atoms. The molecule has 3 amide bonds. The molecule has 0 saturated carbocycles. The lowest BCUT2D eigenvalue weighted by Gasteiger charge is -2.12. The SMILES string of the molecule is CC(O)c1cccc(NC(=O)NCCC(=O)N(C)C)c1. The minimum Gasteiger partial charge on any atom is -0.389 e. The van der Waals surface area contributed by atoms with E-state index in [0.717, 1.165) is 5.56 Å². The number of aliphatic hydroxyl groups excluding tert-OH is 1. The molecular weight excluding hydrogens is 258 g/mol. The Kier molecular flexibility index (Phi) is 5.99. The lowest BCUT2D eigenvalue weighted by atomic mass is 10.1. The van der Waals surface area contributed by atoms with Crippen LogP contribution in [0.4, 0.5) is 10.5 Å². The lowest BCUT2D eigenvalue weighted by Crippen LogP contribution is -2.33. The fourth-order valence-corrected chi connectivity index (χ4v) is 1.56. The number of carbonyl (C=O) groups is 2. The van der Waals surface area contributed by atoms with Crippen LogP contribution in [0, 0.1) is 0 Å². The van der Waals surface area contributed by atoms with Crippen LogP contribution >= 0.6 is 0 Å². The van der Waals surface area contributed by atoms with Crippen molar-refractivity contribution in [3.05, 3.63) is 29.8 Å². The summed E-state index contributed by atoms with van der Waals surface area (Å²) in [4.78, 5) is 24.4. The first-order chi connectivity index (χ1) is 9.40. The van der Waals surface area contributed by atoms with Gasteiger partial charge in [0.25, 0.3) is 0 Å². The summed E-state index contributed by atoms with van der Waals surface area (Å²) in [5.41, 5.74) is 1.32. The molecular formula is C14H21N3O3. The molecule has 0 saturated heterocycles. The van der Waals surface area contributed by atoms with Gasteiger partial charge in [0.1, 0.15) is 0 Å². The molecule has 0 radical (unpaired) electrons. The van der Waals surface area contributed by atoms with Gasteiger partial charge in [0.15, 0.2) is 0 Å². The van der Waals surface area contributed by atoms with E-state index < -0.39 is 6.10 Å². The normalized spacial score (nSPS) is 11.6. The van der Waals surface area contributed by atoms with Gasteiger partial charge >= 0.3 is 6.03 Å². The number of urea groups is 1. The van der Waals surface area contributed by atoms with Gasteiger partial charge in [0.2, 0.25) is 5.91 Å². The number of nitrogens with zero attached hydrogens (tertiary/aromatic N) is 1. The van der Waals surface area contributed by atoms with E-state index in [1.54, 1.807) is 45.3 Å². The van der Waals surface area contributed by atoms with Gasteiger partial charge in [0.05, 0.1) is 6.10 Å². The average Bonchev–Trinajstić information content (AvgIpc) is 2.38. The van der Waals surface area contributed by atoms with Crippen LogP contribution in [0.5, 0.6) is 0 Å². The van der Waals surface area contributed by atoms with E-state index in [2.05, 4.69) is 10.6 Å². The molecule has 6 nitrogen and oxygen atoms in total. The molecule has 0 bridgehead atoms. The molecule has 0 aliphatic carbocycles. The number of hydrogen-bond donors (Lipinski definition) is 3. The zero-order valence-corrected chi connectivity index (χ0v) is 12.0. The van der Waals surface area contributed by atoms with Crippen molar-refractivity contribution in [2.24, 2.45) is 0 Å². The molecule has 0 aliphatic rings. The first-order valence-corrected chi connectivity index (χ1v) is 6.43. The van der Waals surface area contributed by atoms with Crippen LogP contribution in [0.25, 0.3) is 0 Å². The zero-order chi connectivity index (χ0) is 15.1. The Morgan fingerprint density at radius 1 is 1.35 bits per heavy atom. The van der Waals surface area contributed by atoms with E-state index in [9.17, 15) is 14.7 Å². The molecule has 1 aromatic carbocycles. The highest BCUT2D eigenvalue weighted by molar-refractivity contribution is 5.89. The van der Waals surface area contributed by atoms with Gasteiger partial charge in [-0.2, -0.15) is 0 Å². The predicted molar refractivity (Wildman–Crippen MR) is 77.4 cm³/mol. The van der Waals surface area contributed by atoms with Gasteiger partial charge in [-0.25, -0.2) is 4.79 Å². The van der Waals surface area contributed by atoms with E-state index in [1.165, 1.54) is 4.90 Å². The number of amides is 3. The van der Waals surface area contributed by atoms with Crippen molar-refractivity contribution in [1.29, 1.82) is 0 Å². The summed E-state index contributed by atoms with van der Waals surface area (Å²) in [6.07, 6.45) is -0.328. The van der Waals surface area contributed by atoms with Crippen molar-refractivity contribution in [2.75, 3.05) is 26.0 Å². The van der Waals surface area contributed by atoms with Crippen molar-refractivity contribution in [2.45, 2.75) is 19.4 Å². The fraction of sp³-hybridized carbons (Fsp3) is 0.429. The van der Waals surface area contributed by atoms with Crippen LogP contribution in [0.3, 0.4) is 0 Å². The molecule has 0 spiro atoms. The van der Waals surface area contributed by atoms with Crippen molar-refractivity contribution < 1.29 is 14.7 Å². The molecule has 0 aliphatic heterocycles. The van der Waals surface area contributed by atoms with Gasteiger partial charge in [-0.15, -0.1) is 0 Å². The van der Waals surface area contributed by atoms with Gasteiger partial charge < -0.3 is 20.6 Å². The summed E-state index contributed by atoms with van der Waals surface area (Å²) in [5, 5.41) is 14.7. The second-order valence-corrected chi connectivity index (χ2v) is 4.72. The Balaban J connectivity index is 2.43. The Morgan fingerprint density at radius 2 is 2.05 bits per heavy atom. The summed E-state index contributed by atoms with van der Waals surface area (Å²) < 4.78 is 0. The third-order valence-corrected chi connectivity index (χ3v) is 2.75. The first-order valence-electron chi connectivity index (χ1n) is 6.43. The van der Waals surface area contributed by atoms with E-state index in [-0.39, 0.29) is 24.9 Å². The maximum Gasteiger partial charge on any atom is 0.319 e. The number of hydrogen-bond acceptors (Lipinski definition) is 3. The number of rotatable bonds is 5. The van der Waals surface area contributed by atoms with Crippen molar-refractivity contribution >= 4 is 17.6 Å². The third kappa shape index (κ3) is 5.27. The third-order valence-electron chi connectivity index (χ3n) is 2.75. The topological polar surface area (TPSA) is 81.7 Å². The Bertz CT molecular complexity index is 472. The maximum atomic E-state index is 11.6. The van der Waals surface area contributed by atoms with Crippen LogP contribution in [-0.2, 0) is 4.79 Å². The highest BCUT2D eigenvalue weighted by atomic mass is 16.3. The number of nitrogens with one attached hydrogen (secondary N) is 2. The maximum absolute atomic E-state index is 11.6. The zero-order valence-electron chi connectivity index (χ0n) is 12.0. The van der Waals surface area contributed by atoms with Crippen molar-refractivity contribution in [1.82, 2.24) is 10.2 Å². The molecule has 0 heterocycles. The van der Waals surface area contributed by atoms with Gasteiger partial charge in [-0.3, -0.25) is 4.79 Å². The van der Waals surface area contributed by atoms with Gasteiger partial charge in [-0.05, 0) is 24.6 Å². The number of aliphatic hydroxyl groups is 1. The monoisotopic (exact) mass is 279 g/mol.